The molecule has 7 aromatic rings. The molecule has 0 spiro atoms. The Morgan fingerprint density at radius 3 is 2.19 bits per heavy atom. The second-order valence-electron chi connectivity index (χ2n) is 12.5. The predicted octanol–water partition coefficient (Wildman–Crippen LogP) is 9.54. The van der Waals surface area contributed by atoms with Gasteiger partial charge in [0.05, 0.1) is 0 Å². The molecule has 2 aromatic heterocycles. The first-order valence-corrected chi connectivity index (χ1v) is 15.4. The first-order valence-electron chi connectivity index (χ1n) is 15.4. The van der Waals surface area contributed by atoms with Crippen LogP contribution >= 0.6 is 0 Å². The molecule has 0 unspecified atom stereocenters. The van der Waals surface area contributed by atoms with Crippen LogP contribution < -0.4 is 14.5 Å². The van der Waals surface area contributed by atoms with Gasteiger partial charge in [-0.15, -0.1) is 41.4 Å². The van der Waals surface area contributed by atoms with E-state index in [-0.39, 0.29) is 26.5 Å². The Kier molecular flexibility index (Phi) is 8.07. The number of aromatic nitrogens is 3. The molecule has 0 fully saturated rings. The van der Waals surface area contributed by atoms with E-state index in [0.29, 0.717) is 17.4 Å². The molecule has 0 aliphatic carbocycles. The molecule has 6 nitrogen and oxygen atoms in total. The van der Waals surface area contributed by atoms with Gasteiger partial charge in [-0.2, -0.15) is 18.8 Å². The third-order valence-corrected chi connectivity index (χ3v) is 8.39. The molecule has 0 N–H and O–H groups in total. The second kappa shape index (κ2) is 12.3. The third kappa shape index (κ3) is 5.79. The quantitative estimate of drug-likeness (QED) is 0.157. The van der Waals surface area contributed by atoms with Crippen molar-refractivity contribution in [1.29, 1.82) is 0 Å². The van der Waals surface area contributed by atoms with Crippen LogP contribution in [0.15, 0.2) is 122 Å². The van der Waals surface area contributed by atoms with Crippen LogP contribution in [-0.4, -0.2) is 14.5 Å². The summed E-state index contributed by atoms with van der Waals surface area (Å²) in [7, 11) is 0. The normalized spacial score (nSPS) is 12.7. The number of ether oxygens (including phenoxy) is 1. The van der Waals surface area contributed by atoms with Gasteiger partial charge in [-0.05, 0) is 40.1 Å². The van der Waals surface area contributed by atoms with E-state index in [9.17, 15) is 0 Å². The zero-order chi connectivity index (χ0) is 31.3. The van der Waals surface area contributed by atoms with Crippen molar-refractivity contribution in [3.05, 3.63) is 152 Å². The van der Waals surface area contributed by atoms with E-state index in [2.05, 4.69) is 133 Å². The van der Waals surface area contributed by atoms with E-state index >= 15 is 0 Å². The Morgan fingerprint density at radius 2 is 1.40 bits per heavy atom. The number of nitrogens with zero attached hydrogens (tertiary/aromatic N) is 5. The number of fused-ring (bicyclic) bond motifs is 4. The van der Waals surface area contributed by atoms with Gasteiger partial charge in [-0.3, -0.25) is 0 Å². The topological polar surface area (TPSA) is 46.4 Å². The number of rotatable bonds is 6. The van der Waals surface area contributed by atoms with Crippen LogP contribution in [0.3, 0.4) is 0 Å². The van der Waals surface area contributed by atoms with Crippen LogP contribution in [0.5, 0.6) is 11.5 Å². The Morgan fingerprint density at radius 1 is 0.702 bits per heavy atom. The van der Waals surface area contributed by atoms with E-state index < -0.39 is 0 Å². The van der Waals surface area contributed by atoms with Crippen molar-refractivity contribution >= 4 is 38.9 Å². The Labute approximate surface area is 289 Å². The van der Waals surface area contributed by atoms with Crippen molar-refractivity contribution in [3.8, 4) is 17.4 Å². The molecular weight excluding hydrogens is 762 g/mol. The number of para-hydroxylation sites is 3. The Hall–Kier alpha value is -4.93. The largest absolute Gasteiger partial charge is 0.509 e. The van der Waals surface area contributed by atoms with Crippen LogP contribution in [0, 0.1) is 18.8 Å². The van der Waals surface area contributed by atoms with Gasteiger partial charge in [0.15, 0.2) is 0 Å². The van der Waals surface area contributed by atoms with Crippen molar-refractivity contribution in [2.24, 2.45) is 0 Å². The minimum Gasteiger partial charge on any atom is -0.509 e. The summed E-state index contributed by atoms with van der Waals surface area (Å²) in [6.45, 7) is 9.40. The molecule has 47 heavy (non-hydrogen) atoms. The molecule has 7 heteroatoms. The van der Waals surface area contributed by atoms with Crippen LogP contribution in [0.25, 0.3) is 27.8 Å². The summed E-state index contributed by atoms with van der Waals surface area (Å²) < 4.78 is 8.49. The first-order chi connectivity index (χ1) is 22.4. The van der Waals surface area contributed by atoms with Crippen LogP contribution in [0.4, 0.5) is 17.1 Å². The summed E-state index contributed by atoms with van der Waals surface area (Å²) >= 11 is 0. The summed E-state index contributed by atoms with van der Waals surface area (Å²) in [5.74, 6) is 1.80. The molecule has 236 valence electrons. The molecular formula is C40H32N5OPt-3. The van der Waals surface area contributed by atoms with Crippen LogP contribution in [0.2, 0.25) is 0 Å². The van der Waals surface area contributed by atoms with E-state index in [4.69, 9.17) is 14.7 Å². The van der Waals surface area contributed by atoms with Gasteiger partial charge >= 0.3 is 0 Å². The summed E-state index contributed by atoms with van der Waals surface area (Å²) in [4.78, 5) is 14.0. The molecule has 0 atom stereocenters. The Bertz CT molecular complexity index is 2190. The molecule has 8 rings (SSSR count). The molecule has 1 aliphatic heterocycles. The fourth-order valence-electron chi connectivity index (χ4n) is 5.99. The van der Waals surface area contributed by atoms with E-state index in [1.54, 1.807) is 0 Å². The van der Waals surface area contributed by atoms with Crippen molar-refractivity contribution in [2.45, 2.75) is 32.7 Å². The summed E-state index contributed by atoms with van der Waals surface area (Å²) in [5, 5.41) is 2.17. The van der Waals surface area contributed by atoms with Crippen LogP contribution in [-0.2, 0) is 33.0 Å². The maximum Gasteiger partial charge on any atom is 0.232 e. The predicted molar refractivity (Wildman–Crippen MR) is 185 cm³/mol. The molecule has 0 radical (unpaired) electrons. The van der Waals surface area contributed by atoms with Gasteiger partial charge in [-0.1, -0.05) is 87.0 Å². The van der Waals surface area contributed by atoms with E-state index in [1.165, 1.54) is 5.56 Å². The second-order valence-corrected chi connectivity index (χ2v) is 12.5. The summed E-state index contributed by atoms with van der Waals surface area (Å²) in [6, 6.07) is 44.3. The summed E-state index contributed by atoms with van der Waals surface area (Å²) in [6.07, 6.45) is 3.83. The SMILES string of the molecule is CC(C)(C)c1cnc(-n2c3[c-]c(Oc4[c-]c(N5[CH-]N(Cc6ccccc6)c6ccccc65)ccc4)ccc3c3ccccc32)nc1.[Pt]. The maximum atomic E-state index is 6.43. The standard InChI is InChI=1S/C40H32N5O.Pt/c1-40(2,3)29-24-41-39(42-25-29)45-35-17-8-7-16-33(35)34-21-20-32(23-38(34)45)46-31-15-11-14-30(22-31)44-27-43(26-28-12-5-4-6-13-28)36-18-9-10-19-37(36)44;/h4-21,24-25,27H,26H2,1-3H3;/q-3;. The smallest absolute Gasteiger partial charge is 0.232 e. The zero-order valence-corrected chi connectivity index (χ0v) is 28.6. The van der Waals surface area contributed by atoms with Crippen molar-refractivity contribution in [3.63, 3.8) is 0 Å². The van der Waals surface area contributed by atoms with Gasteiger partial charge in [0, 0.05) is 68.4 Å². The van der Waals surface area contributed by atoms with Gasteiger partial charge in [0.1, 0.15) is 0 Å². The Balaban J connectivity index is 0.00000351. The van der Waals surface area contributed by atoms with Crippen molar-refractivity contribution < 1.29 is 25.8 Å². The maximum absolute atomic E-state index is 6.43. The van der Waals surface area contributed by atoms with Gasteiger partial charge in [-0.25, -0.2) is 9.97 Å². The van der Waals surface area contributed by atoms with Crippen molar-refractivity contribution in [2.75, 3.05) is 9.80 Å². The molecule has 0 amide bonds. The molecule has 3 heterocycles. The number of anilines is 3. The average Bonchev–Trinajstić information content (AvgIpc) is 3.60. The molecule has 5 aromatic carbocycles. The zero-order valence-electron chi connectivity index (χ0n) is 26.3. The minimum absolute atomic E-state index is 0. The van der Waals surface area contributed by atoms with Crippen molar-refractivity contribution in [1.82, 2.24) is 14.5 Å². The number of hydrogen-bond donors (Lipinski definition) is 0. The summed E-state index contributed by atoms with van der Waals surface area (Å²) in [5.41, 5.74) is 7.31. The third-order valence-electron chi connectivity index (χ3n) is 8.39. The van der Waals surface area contributed by atoms with Gasteiger partial charge < -0.3 is 19.1 Å². The first kappa shape index (κ1) is 30.7. The fourth-order valence-corrected chi connectivity index (χ4v) is 5.99. The van der Waals surface area contributed by atoms with Crippen LogP contribution in [0.1, 0.15) is 31.9 Å². The van der Waals surface area contributed by atoms with Gasteiger partial charge in [0.2, 0.25) is 5.95 Å². The molecule has 1 aliphatic rings. The monoisotopic (exact) mass is 793 g/mol. The fraction of sp³-hybridized carbons (Fsp3) is 0.125. The number of hydrogen-bond acceptors (Lipinski definition) is 5. The van der Waals surface area contributed by atoms with E-state index in [1.807, 2.05) is 42.7 Å². The molecule has 0 saturated heterocycles. The van der Waals surface area contributed by atoms with E-state index in [0.717, 1.165) is 51.0 Å². The average molecular weight is 794 g/mol. The molecule has 0 bridgehead atoms. The minimum atomic E-state index is -0.0351. The molecule has 0 saturated carbocycles. The van der Waals surface area contributed by atoms with Gasteiger partial charge in [0.25, 0.3) is 0 Å². The number of benzene rings is 5.